The van der Waals surface area contributed by atoms with Gasteiger partial charge >= 0.3 is 0 Å². The molecule has 0 N–H and O–H groups in total. The number of nitrogens with zero attached hydrogens (tertiary/aromatic N) is 3. The van der Waals surface area contributed by atoms with Gasteiger partial charge in [0.15, 0.2) is 0 Å². The summed E-state index contributed by atoms with van der Waals surface area (Å²) in [7, 11) is 0. The number of pyridine rings is 1. The lowest BCUT2D eigenvalue weighted by molar-refractivity contribution is 0.187. The second-order valence-electron chi connectivity index (χ2n) is 6.74. The van der Waals surface area contributed by atoms with Crippen LogP contribution >= 0.6 is 0 Å². The molecule has 2 aromatic heterocycles. The maximum absolute atomic E-state index is 14.3. The summed E-state index contributed by atoms with van der Waals surface area (Å²) in [6.45, 7) is 2.71. The van der Waals surface area contributed by atoms with Gasteiger partial charge in [-0.1, -0.05) is 24.3 Å². The first kappa shape index (κ1) is 15.9. The Morgan fingerprint density at radius 1 is 1.24 bits per heavy atom. The van der Waals surface area contributed by atoms with Crippen LogP contribution in [-0.4, -0.2) is 15.3 Å². The number of fused-ring (bicyclic) bond motifs is 1. The highest BCUT2D eigenvalue weighted by molar-refractivity contribution is 5.65. The van der Waals surface area contributed by atoms with Crippen LogP contribution in [0.5, 0.6) is 0 Å². The first-order valence-corrected chi connectivity index (χ1v) is 8.68. The third kappa shape index (κ3) is 2.92. The van der Waals surface area contributed by atoms with Crippen molar-refractivity contribution in [3.63, 3.8) is 0 Å². The zero-order valence-corrected chi connectivity index (χ0v) is 14.2. The molecule has 0 radical (unpaired) electrons. The molecule has 3 aromatic rings. The van der Waals surface area contributed by atoms with Crippen molar-refractivity contribution in [1.29, 1.82) is 5.26 Å². The van der Waals surface area contributed by atoms with Crippen LogP contribution in [0.1, 0.15) is 42.5 Å². The summed E-state index contributed by atoms with van der Waals surface area (Å²) < 4.78 is 16.2. The van der Waals surface area contributed by atoms with E-state index in [4.69, 9.17) is 0 Å². The monoisotopic (exact) mass is 333 g/mol. The van der Waals surface area contributed by atoms with Gasteiger partial charge in [0, 0.05) is 42.1 Å². The van der Waals surface area contributed by atoms with Gasteiger partial charge in [0.2, 0.25) is 0 Å². The van der Waals surface area contributed by atoms with Crippen LogP contribution in [0.15, 0.2) is 54.9 Å². The van der Waals surface area contributed by atoms with Crippen molar-refractivity contribution in [1.82, 2.24) is 9.30 Å². The molecule has 4 heteroatoms. The van der Waals surface area contributed by atoms with Crippen molar-refractivity contribution in [2.75, 3.05) is 0 Å². The fourth-order valence-corrected chi connectivity index (χ4v) is 3.60. The molecule has 0 amide bonds. The molecular weight excluding hydrogens is 313 g/mol. The third-order valence-electron chi connectivity index (χ3n) is 5.10. The molecule has 1 aromatic carbocycles. The average Bonchev–Trinajstić information content (AvgIpc) is 3.40. The van der Waals surface area contributed by atoms with E-state index >= 15 is 0 Å². The van der Waals surface area contributed by atoms with Crippen molar-refractivity contribution < 1.29 is 4.39 Å². The normalized spacial score (nSPS) is 15.4. The summed E-state index contributed by atoms with van der Waals surface area (Å²) in [6, 6.07) is 15.6. The Hall–Kier alpha value is -2.64. The number of benzene rings is 1. The molecule has 4 rings (SSSR count). The smallest absolute Gasteiger partial charge is 0.127 e. The summed E-state index contributed by atoms with van der Waals surface area (Å²) in [5, 5.41) is 9.63. The number of nitriles is 1. The van der Waals surface area contributed by atoms with Crippen molar-refractivity contribution in [3.05, 3.63) is 77.4 Å². The lowest BCUT2D eigenvalue weighted by Crippen LogP contribution is -2.29. The topological polar surface area (TPSA) is 31.4 Å². The minimum absolute atomic E-state index is 0.0248. The Bertz CT molecular complexity index is 949. The van der Waals surface area contributed by atoms with E-state index in [1.165, 1.54) is 6.07 Å². The average molecular weight is 333 g/mol. The summed E-state index contributed by atoms with van der Waals surface area (Å²) in [5.41, 5.74) is 3.36. The molecule has 1 aliphatic carbocycles. The molecule has 126 valence electrons. The number of rotatable bonds is 5. The van der Waals surface area contributed by atoms with Gasteiger partial charge < -0.3 is 4.40 Å². The maximum Gasteiger partial charge on any atom is 0.127 e. The van der Waals surface area contributed by atoms with Crippen molar-refractivity contribution in [2.24, 2.45) is 0 Å². The van der Waals surface area contributed by atoms with Crippen LogP contribution < -0.4 is 0 Å². The summed E-state index contributed by atoms with van der Waals surface area (Å²) in [6.07, 6.45) is 6.25. The van der Waals surface area contributed by atoms with Crippen LogP contribution in [-0.2, 0) is 6.54 Å². The maximum atomic E-state index is 14.3. The van der Waals surface area contributed by atoms with Crippen molar-refractivity contribution >= 4 is 5.52 Å². The van der Waals surface area contributed by atoms with Crippen molar-refractivity contribution in [3.8, 4) is 6.07 Å². The fourth-order valence-electron chi connectivity index (χ4n) is 3.60. The van der Waals surface area contributed by atoms with Gasteiger partial charge in [-0.05, 0) is 38.0 Å². The molecule has 0 aliphatic heterocycles. The van der Waals surface area contributed by atoms with Gasteiger partial charge in [0.05, 0.1) is 11.1 Å². The van der Waals surface area contributed by atoms with Gasteiger partial charge in [-0.2, -0.15) is 5.26 Å². The van der Waals surface area contributed by atoms with Crippen LogP contribution in [0.2, 0.25) is 0 Å². The Balaban J connectivity index is 1.70. The Morgan fingerprint density at radius 3 is 2.72 bits per heavy atom. The molecule has 1 atom stereocenters. The molecule has 0 saturated heterocycles. The second kappa shape index (κ2) is 6.34. The van der Waals surface area contributed by atoms with E-state index in [0.717, 1.165) is 29.5 Å². The minimum atomic E-state index is -0.164. The number of halogens is 1. The molecule has 1 fully saturated rings. The SMILES string of the molecule is CC(c1ccccc1F)N(Cc1cn2ccccc2c1C#N)C1CC1. The Kier molecular flexibility index (Phi) is 4.03. The van der Waals surface area contributed by atoms with E-state index in [2.05, 4.69) is 17.9 Å². The van der Waals surface area contributed by atoms with Crippen molar-refractivity contribution in [2.45, 2.75) is 38.4 Å². The van der Waals surface area contributed by atoms with E-state index < -0.39 is 0 Å². The highest BCUT2D eigenvalue weighted by Crippen LogP contribution is 2.37. The largest absolute Gasteiger partial charge is 0.322 e. The predicted molar refractivity (Wildman–Crippen MR) is 95.5 cm³/mol. The molecular formula is C21H20FN3. The van der Waals surface area contributed by atoms with Gasteiger partial charge in [0.1, 0.15) is 11.9 Å². The molecule has 2 heterocycles. The van der Waals surface area contributed by atoms with Gasteiger partial charge in [-0.15, -0.1) is 0 Å². The van der Waals surface area contributed by atoms with E-state index in [-0.39, 0.29) is 11.9 Å². The minimum Gasteiger partial charge on any atom is -0.322 e. The molecule has 1 saturated carbocycles. The fraction of sp³-hybridized carbons (Fsp3) is 0.286. The molecule has 0 bridgehead atoms. The van der Waals surface area contributed by atoms with Crippen LogP contribution in [0.4, 0.5) is 4.39 Å². The van der Waals surface area contributed by atoms with Crippen LogP contribution in [0, 0.1) is 17.1 Å². The molecule has 1 aliphatic rings. The van der Waals surface area contributed by atoms with Crippen LogP contribution in [0.25, 0.3) is 5.52 Å². The van der Waals surface area contributed by atoms with Gasteiger partial charge in [-0.25, -0.2) is 4.39 Å². The van der Waals surface area contributed by atoms with E-state index in [1.807, 2.05) is 47.1 Å². The number of aromatic nitrogens is 1. The van der Waals surface area contributed by atoms with Gasteiger partial charge in [-0.3, -0.25) is 4.90 Å². The zero-order valence-electron chi connectivity index (χ0n) is 14.2. The Morgan fingerprint density at radius 2 is 2.00 bits per heavy atom. The first-order chi connectivity index (χ1) is 12.2. The lowest BCUT2D eigenvalue weighted by Gasteiger charge is -2.29. The lowest BCUT2D eigenvalue weighted by atomic mass is 10.0. The summed E-state index contributed by atoms with van der Waals surface area (Å²) in [4.78, 5) is 2.33. The zero-order chi connectivity index (χ0) is 17.4. The molecule has 25 heavy (non-hydrogen) atoms. The summed E-state index contributed by atoms with van der Waals surface area (Å²) in [5.74, 6) is -0.164. The first-order valence-electron chi connectivity index (χ1n) is 8.68. The van der Waals surface area contributed by atoms with E-state index in [9.17, 15) is 9.65 Å². The number of hydrogen-bond donors (Lipinski definition) is 0. The standard InChI is InChI=1S/C21H20FN3/c1-15(18-6-2-3-7-20(18)22)25(17-9-10-17)14-16-13-24-11-5-4-8-21(24)19(16)12-23/h2-8,11,13,15,17H,9-10,14H2,1H3. The second-order valence-corrected chi connectivity index (χ2v) is 6.74. The summed E-state index contributed by atoms with van der Waals surface area (Å²) >= 11 is 0. The molecule has 3 nitrogen and oxygen atoms in total. The van der Waals surface area contributed by atoms with Crippen LogP contribution in [0.3, 0.4) is 0 Å². The van der Waals surface area contributed by atoms with Gasteiger partial charge in [0.25, 0.3) is 0 Å². The third-order valence-corrected chi connectivity index (χ3v) is 5.10. The van der Waals surface area contributed by atoms with E-state index in [0.29, 0.717) is 18.2 Å². The highest BCUT2D eigenvalue weighted by Gasteiger charge is 2.34. The quantitative estimate of drug-likeness (QED) is 0.679. The number of hydrogen-bond acceptors (Lipinski definition) is 2. The van der Waals surface area contributed by atoms with E-state index in [1.54, 1.807) is 6.07 Å². The molecule has 1 unspecified atom stereocenters. The predicted octanol–water partition coefficient (Wildman–Crippen LogP) is 4.68. The molecule has 0 spiro atoms. The Labute approximate surface area is 146 Å². The highest BCUT2D eigenvalue weighted by atomic mass is 19.1.